The number of carboxylic acid groups (broad SMARTS) is 1. The van der Waals surface area contributed by atoms with Gasteiger partial charge in [-0.15, -0.1) is 0 Å². The van der Waals surface area contributed by atoms with Crippen LogP contribution >= 0.6 is 0 Å². The third-order valence-electron chi connectivity index (χ3n) is 3.70. The number of nitrogens with one attached hydrogen (secondary N) is 2. The Kier molecular flexibility index (Phi) is 6.13. The quantitative estimate of drug-likeness (QED) is 0.457. The molecule has 0 aliphatic rings. The Morgan fingerprint density at radius 3 is 2.12 bits per heavy atom. The smallest absolute Gasteiger partial charge is 0.330 e. The normalized spacial score (nSPS) is 11.3. The van der Waals surface area contributed by atoms with Gasteiger partial charge in [-0.3, -0.25) is 9.52 Å². The zero-order valence-corrected chi connectivity index (χ0v) is 15.0. The number of amides is 1. The van der Waals surface area contributed by atoms with Crippen LogP contribution in [0.4, 0.5) is 5.69 Å². The van der Waals surface area contributed by atoms with Gasteiger partial charge in [0.2, 0.25) is 10.9 Å². The highest BCUT2D eigenvalue weighted by molar-refractivity contribution is 7.73. The standard InChI is InChI=1S/C18H18N2O5S/c1-11-3-4-14(9-12(11)2)16(10-17(21)22)19-18(23)13-5-7-15(8-6-13)20-26(24)25/h3-10,26H,1-2H3,(H,19,23)(H,21,22)(H,20,24,25)/b16-10-. The van der Waals surface area contributed by atoms with E-state index >= 15 is 0 Å². The molecule has 2 aromatic carbocycles. The fourth-order valence-corrected chi connectivity index (χ4v) is 2.58. The first-order chi connectivity index (χ1) is 12.3. The Balaban J connectivity index is 2.26. The molecular formula is C18H18N2O5S. The van der Waals surface area contributed by atoms with Gasteiger partial charge in [0, 0.05) is 17.3 Å². The number of hydrogen-bond donors (Lipinski definition) is 4. The highest BCUT2D eigenvalue weighted by Gasteiger charge is 2.12. The van der Waals surface area contributed by atoms with E-state index in [1.54, 1.807) is 12.1 Å². The predicted molar refractivity (Wildman–Crippen MR) is 99.4 cm³/mol. The lowest BCUT2D eigenvalue weighted by atomic mass is 10.0. The lowest BCUT2D eigenvalue weighted by Crippen LogP contribution is -2.22. The number of carbonyl (C=O) groups excluding carboxylic acids is 1. The first-order valence-corrected chi connectivity index (χ1v) is 8.78. The van der Waals surface area contributed by atoms with Gasteiger partial charge in [0.15, 0.2) is 0 Å². The van der Waals surface area contributed by atoms with E-state index in [1.165, 1.54) is 24.3 Å². The molecule has 0 unspecified atom stereocenters. The maximum atomic E-state index is 12.4. The number of thiol groups is 1. The number of benzene rings is 2. The summed E-state index contributed by atoms with van der Waals surface area (Å²) < 4.78 is 23.5. The molecule has 0 aliphatic heterocycles. The van der Waals surface area contributed by atoms with E-state index in [-0.39, 0.29) is 11.3 Å². The van der Waals surface area contributed by atoms with Gasteiger partial charge in [-0.05, 0) is 60.9 Å². The number of aliphatic carboxylic acids is 1. The van der Waals surface area contributed by atoms with Crippen LogP contribution in [0, 0.1) is 13.8 Å². The van der Waals surface area contributed by atoms with Crippen molar-refractivity contribution in [2.45, 2.75) is 13.8 Å². The van der Waals surface area contributed by atoms with Gasteiger partial charge in [0.25, 0.3) is 5.91 Å². The second kappa shape index (κ2) is 8.30. The maximum Gasteiger partial charge on any atom is 0.330 e. The first-order valence-electron chi connectivity index (χ1n) is 7.61. The Morgan fingerprint density at radius 1 is 0.962 bits per heavy atom. The van der Waals surface area contributed by atoms with Crippen LogP contribution in [0.1, 0.15) is 27.0 Å². The monoisotopic (exact) mass is 374 g/mol. The van der Waals surface area contributed by atoms with E-state index in [2.05, 4.69) is 10.0 Å². The summed E-state index contributed by atoms with van der Waals surface area (Å²) in [5.74, 6) is -1.69. The molecule has 0 saturated carbocycles. The lowest BCUT2D eigenvalue weighted by Gasteiger charge is -2.12. The minimum atomic E-state index is -2.79. The topological polar surface area (TPSA) is 113 Å². The van der Waals surface area contributed by atoms with Gasteiger partial charge in [-0.25, -0.2) is 13.2 Å². The average molecular weight is 374 g/mol. The van der Waals surface area contributed by atoms with Crippen molar-refractivity contribution in [1.82, 2.24) is 5.32 Å². The minimum Gasteiger partial charge on any atom is -0.478 e. The molecule has 26 heavy (non-hydrogen) atoms. The Hall–Kier alpha value is -3.13. The van der Waals surface area contributed by atoms with Crippen molar-refractivity contribution < 1.29 is 23.1 Å². The number of carboxylic acids is 1. The largest absolute Gasteiger partial charge is 0.478 e. The Bertz CT molecular complexity index is 939. The van der Waals surface area contributed by atoms with Crippen LogP contribution in [0.3, 0.4) is 0 Å². The molecule has 3 N–H and O–H groups in total. The van der Waals surface area contributed by atoms with Gasteiger partial charge < -0.3 is 10.4 Å². The number of anilines is 1. The van der Waals surface area contributed by atoms with E-state index in [0.717, 1.165) is 17.2 Å². The van der Waals surface area contributed by atoms with Crippen molar-refractivity contribution in [3.63, 3.8) is 0 Å². The van der Waals surface area contributed by atoms with Crippen LogP contribution in [0.25, 0.3) is 5.70 Å². The Labute approximate surface area is 152 Å². The summed E-state index contributed by atoms with van der Waals surface area (Å²) in [7, 11) is -2.79. The summed E-state index contributed by atoms with van der Waals surface area (Å²) in [5.41, 5.74) is 3.34. The molecular weight excluding hydrogens is 356 g/mol. The van der Waals surface area contributed by atoms with Crippen LogP contribution in [-0.2, 0) is 15.7 Å². The zero-order valence-electron chi connectivity index (χ0n) is 14.1. The number of hydrogen-bond acceptors (Lipinski definition) is 4. The van der Waals surface area contributed by atoms with Crippen molar-refractivity contribution in [2.24, 2.45) is 0 Å². The molecule has 0 heterocycles. The van der Waals surface area contributed by atoms with Gasteiger partial charge >= 0.3 is 5.97 Å². The summed E-state index contributed by atoms with van der Waals surface area (Å²) in [4.78, 5) is 23.5. The molecule has 0 aliphatic carbocycles. The molecule has 0 saturated heterocycles. The lowest BCUT2D eigenvalue weighted by molar-refractivity contribution is -0.131. The average Bonchev–Trinajstić information content (AvgIpc) is 2.56. The van der Waals surface area contributed by atoms with Crippen molar-refractivity contribution in [3.05, 3.63) is 70.8 Å². The van der Waals surface area contributed by atoms with E-state index in [9.17, 15) is 18.0 Å². The van der Waals surface area contributed by atoms with E-state index < -0.39 is 22.8 Å². The molecule has 7 nitrogen and oxygen atoms in total. The van der Waals surface area contributed by atoms with Gasteiger partial charge in [0.1, 0.15) is 0 Å². The maximum absolute atomic E-state index is 12.4. The van der Waals surface area contributed by atoms with Crippen LogP contribution in [0.2, 0.25) is 0 Å². The van der Waals surface area contributed by atoms with Gasteiger partial charge in [-0.2, -0.15) is 0 Å². The van der Waals surface area contributed by atoms with E-state index in [1.807, 2.05) is 19.9 Å². The fraction of sp³-hybridized carbons (Fsp3) is 0.111. The van der Waals surface area contributed by atoms with Crippen molar-refractivity contribution in [3.8, 4) is 0 Å². The molecule has 136 valence electrons. The summed E-state index contributed by atoms with van der Waals surface area (Å²) in [5, 5.41) is 11.7. The number of rotatable bonds is 6. The first kappa shape index (κ1) is 19.2. The summed E-state index contributed by atoms with van der Waals surface area (Å²) in [6, 6.07) is 11.1. The Morgan fingerprint density at radius 2 is 1.58 bits per heavy atom. The molecule has 1 amide bonds. The number of aryl methyl sites for hydroxylation is 2. The third-order valence-corrected chi connectivity index (χ3v) is 4.14. The highest BCUT2D eigenvalue weighted by atomic mass is 32.2. The van der Waals surface area contributed by atoms with Gasteiger partial charge in [0.05, 0.1) is 5.70 Å². The van der Waals surface area contributed by atoms with Crippen LogP contribution < -0.4 is 10.0 Å². The zero-order chi connectivity index (χ0) is 19.3. The molecule has 0 radical (unpaired) electrons. The van der Waals surface area contributed by atoms with Crippen LogP contribution in [0.5, 0.6) is 0 Å². The second-order valence-electron chi connectivity index (χ2n) is 5.60. The third kappa shape index (κ3) is 5.18. The van der Waals surface area contributed by atoms with E-state index in [0.29, 0.717) is 11.3 Å². The highest BCUT2D eigenvalue weighted by Crippen LogP contribution is 2.17. The van der Waals surface area contributed by atoms with Crippen LogP contribution in [-0.4, -0.2) is 25.4 Å². The summed E-state index contributed by atoms with van der Waals surface area (Å²) in [6.45, 7) is 3.83. The SMILES string of the molecule is Cc1ccc(/C(=C/C(=O)O)NC(=O)c2ccc(N[SH](=O)=O)cc2)cc1C. The fourth-order valence-electron chi connectivity index (χ4n) is 2.22. The molecule has 0 spiro atoms. The summed E-state index contributed by atoms with van der Waals surface area (Å²) >= 11 is 0. The molecule has 2 aromatic rings. The van der Waals surface area contributed by atoms with E-state index in [4.69, 9.17) is 5.11 Å². The minimum absolute atomic E-state index is 0.162. The van der Waals surface area contributed by atoms with Crippen molar-refractivity contribution in [2.75, 3.05) is 4.72 Å². The predicted octanol–water partition coefficient (Wildman–Crippen LogP) is 2.10. The van der Waals surface area contributed by atoms with Crippen LogP contribution in [0.15, 0.2) is 48.5 Å². The molecule has 0 fully saturated rings. The second-order valence-corrected chi connectivity index (χ2v) is 6.33. The molecule has 8 heteroatoms. The van der Waals surface area contributed by atoms with Crippen molar-refractivity contribution >= 4 is 34.2 Å². The summed E-state index contributed by atoms with van der Waals surface area (Å²) in [6.07, 6.45) is 0.931. The molecule has 0 aromatic heterocycles. The molecule has 0 bridgehead atoms. The molecule has 2 rings (SSSR count). The van der Waals surface area contributed by atoms with Crippen molar-refractivity contribution in [1.29, 1.82) is 0 Å². The van der Waals surface area contributed by atoms with Gasteiger partial charge in [-0.1, -0.05) is 12.1 Å². The number of carbonyl (C=O) groups is 2. The molecule has 0 atom stereocenters.